The number of nitrogens with zero attached hydrogens (tertiary/aromatic N) is 3. The molecule has 3 aromatic carbocycles. The van der Waals surface area contributed by atoms with E-state index in [-0.39, 0.29) is 12.4 Å². The first-order chi connectivity index (χ1) is 13.7. The van der Waals surface area contributed by atoms with Crippen molar-refractivity contribution in [2.24, 2.45) is 0 Å². The van der Waals surface area contributed by atoms with Gasteiger partial charge in [0, 0.05) is 28.9 Å². The molecule has 0 spiro atoms. The molecule has 0 saturated carbocycles. The molecule has 1 aromatic heterocycles. The van der Waals surface area contributed by atoms with Crippen molar-refractivity contribution in [1.29, 1.82) is 0 Å². The summed E-state index contributed by atoms with van der Waals surface area (Å²) in [6.07, 6.45) is 3.89. The Balaban J connectivity index is 1.57. The summed E-state index contributed by atoms with van der Waals surface area (Å²) < 4.78 is 15.0. The molecule has 0 aliphatic carbocycles. The number of halogens is 1. The lowest BCUT2D eigenvalue weighted by atomic mass is 9.99. The van der Waals surface area contributed by atoms with Crippen LogP contribution in [0, 0.1) is 5.82 Å². The molecule has 1 aliphatic heterocycles. The molecule has 4 aromatic rings. The summed E-state index contributed by atoms with van der Waals surface area (Å²) >= 11 is 0. The molecule has 138 valence electrons. The molecule has 0 radical (unpaired) electrons. The van der Waals surface area contributed by atoms with Gasteiger partial charge >= 0.3 is 0 Å². The summed E-state index contributed by atoms with van der Waals surface area (Å²) in [5, 5.41) is 15.1. The number of benzene rings is 3. The molecular formula is C23H18FN3O. The number of rotatable bonds is 3. The molecule has 1 N–H and O–H groups in total. The Bertz CT molecular complexity index is 1190. The van der Waals surface area contributed by atoms with Gasteiger partial charge in [0.15, 0.2) is 0 Å². The van der Waals surface area contributed by atoms with E-state index in [0.29, 0.717) is 6.54 Å². The molecule has 5 heteroatoms. The van der Waals surface area contributed by atoms with Crippen LogP contribution in [0.25, 0.3) is 22.2 Å². The van der Waals surface area contributed by atoms with Crippen LogP contribution < -0.4 is 4.90 Å². The van der Waals surface area contributed by atoms with Gasteiger partial charge in [-0.2, -0.15) is 5.10 Å². The van der Waals surface area contributed by atoms with Crippen LogP contribution in [0.15, 0.2) is 79.0 Å². The van der Waals surface area contributed by atoms with E-state index in [1.807, 2.05) is 35.1 Å². The minimum absolute atomic E-state index is 0.0360. The predicted molar refractivity (Wildman–Crippen MR) is 110 cm³/mol. The quantitative estimate of drug-likeness (QED) is 0.568. The first kappa shape index (κ1) is 16.7. The van der Waals surface area contributed by atoms with E-state index in [2.05, 4.69) is 34.3 Å². The summed E-state index contributed by atoms with van der Waals surface area (Å²) in [5.41, 5.74) is 5.94. The second-order valence-electron chi connectivity index (χ2n) is 6.79. The van der Waals surface area contributed by atoms with E-state index in [0.717, 1.165) is 39.1 Å². The zero-order valence-corrected chi connectivity index (χ0v) is 15.1. The Morgan fingerprint density at radius 2 is 1.75 bits per heavy atom. The van der Waals surface area contributed by atoms with Gasteiger partial charge < -0.3 is 10.0 Å². The van der Waals surface area contributed by atoms with Crippen molar-refractivity contribution < 1.29 is 9.50 Å². The molecule has 28 heavy (non-hydrogen) atoms. The van der Waals surface area contributed by atoms with Gasteiger partial charge in [-0.15, -0.1) is 0 Å². The lowest BCUT2D eigenvalue weighted by molar-refractivity contribution is 0.350. The maximum absolute atomic E-state index is 13.2. The van der Waals surface area contributed by atoms with Crippen LogP contribution in [-0.2, 0) is 0 Å². The van der Waals surface area contributed by atoms with Gasteiger partial charge in [-0.25, -0.2) is 9.07 Å². The van der Waals surface area contributed by atoms with Gasteiger partial charge in [-0.05, 0) is 54.1 Å². The second-order valence-corrected chi connectivity index (χ2v) is 6.79. The third-order valence-electron chi connectivity index (χ3n) is 5.17. The SMILES string of the molecule is OCC1=CCN(c2ccc3c(cnn3-c3ccc(F)cc3)c2)c2ccccc21. The molecule has 0 saturated heterocycles. The third kappa shape index (κ3) is 2.68. The molecule has 0 fully saturated rings. The molecular weight excluding hydrogens is 353 g/mol. The summed E-state index contributed by atoms with van der Waals surface area (Å²) in [5.74, 6) is -0.262. The van der Waals surface area contributed by atoms with Crippen LogP contribution in [-0.4, -0.2) is 28.0 Å². The van der Waals surface area contributed by atoms with Crippen molar-refractivity contribution in [2.45, 2.75) is 0 Å². The maximum atomic E-state index is 13.2. The Kier molecular flexibility index (Phi) is 3.95. The highest BCUT2D eigenvalue weighted by Gasteiger charge is 2.19. The zero-order chi connectivity index (χ0) is 19.1. The molecule has 1 aliphatic rings. The van der Waals surface area contributed by atoms with Crippen LogP contribution in [0.2, 0.25) is 0 Å². The van der Waals surface area contributed by atoms with Gasteiger partial charge in [-0.1, -0.05) is 24.3 Å². The fourth-order valence-electron chi connectivity index (χ4n) is 3.76. The topological polar surface area (TPSA) is 41.3 Å². The lowest BCUT2D eigenvalue weighted by Gasteiger charge is -2.30. The average molecular weight is 371 g/mol. The monoisotopic (exact) mass is 371 g/mol. The molecule has 2 heterocycles. The standard InChI is InChI=1S/C23H18FN3O/c24-18-5-7-19(8-6-18)27-22-10-9-20(13-17(22)14-25-27)26-12-11-16(15-28)21-3-1-2-4-23(21)26/h1-11,13-14,28H,12,15H2. The van der Waals surface area contributed by atoms with Crippen molar-refractivity contribution in [3.8, 4) is 5.69 Å². The number of hydrogen-bond acceptors (Lipinski definition) is 3. The van der Waals surface area contributed by atoms with Crippen molar-refractivity contribution in [2.75, 3.05) is 18.1 Å². The van der Waals surface area contributed by atoms with E-state index < -0.39 is 0 Å². The fourth-order valence-corrected chi connectivity index (χ4v) is 3.76. The van der Waals surface area contributed by atoms with E-state index in [1.165, 1.54) is 12.1 Å². The normalized spacial score (nSPS) is 13.5. The van der Waals surface area contributed by atoms with Gasteiger partial charge in [-0.3, -0.25) is 0 Å². The van der Waals surface area contributed by atoms with Crippen LogP contribution in [0.4, 0.5) is 15.8 Å². The van der Waals surface area contributed by atoms with Crippen LogP contribution in [0.1, 0.15) is 5.56 Å². The van der Waals surface area contributed by atoms with Crippen molar-refractivity contribution in [1.82, 2.24) is 9.78 Å². The summed E-state index contributed by atoms with van der Waals surface area (Å²) in [6.45, 7) is 0.735. The number of para-hydroxylation sites is 1. The summed E-state index contributed by atoms with van der Waals surface area (Å²) in [4.78, 5) is 2.23. The molecule has 0 atom stereocenters. The third-order valence-corrected chi connectivity index (χ3v) is 5.17. The number of hydrogen-bond donors (Lipinski definition) is 1. The smallest absolute Gasteiger partial charge is 0.123 e. The predicted octanol–water partition coefficient (Wildman–Crippen LogP) is 4.69. The van der Waals surface area contributed by atoms with E-state index in [9.17, 15) is 9.50 Å². The lowest BCUT2D eigenvalue weighted by Crippen LogP contribution is -2.22. The van der Waals surface area contributed by atoms with Crippen molar-refractivity contribution in [3.63, 3.8) is 0 Å². The van der Waals surface area contributed by atoms with Gasteiger partial charge in [0.25, 0.3) is 0 Å². The molecule has 0 bridgehead atoms. The Morgan fingerprint density at radius 3 is 2.57 bits per heavy atom. The Hall–Kier alpha value is -3.44. The number of aromatic nitrogens is 2. The molecule has 0 unspecified atom stereocenters. The van der Waals surface area contributed by atoms with Gasteiger partial charge in [0.2, 0.25) is 0 Å². The van der Waals surface area contributed by atoms with Crippen molar-refractivity contribution >= 4 is 27.9 Å². The Morgan fingerprint density at radius 1 is 0.964 bits per heavy atom. The van der Waals surface area contributed by atoms with E-state index in [1.54, 1.807) is 12.1 Å². The molecule has 4 nitrogen and oxygen atoms in total. The highest BCUT2D eigenvalue weighted by atomic mass is 19.1. The first-order valence-electron chi connectivity index (χ1n) is 9.15. The van der Waals surface area contributed by atoms with Crippen LogP contribution in [0.3, 0.4) is 0 Å². The summed E-state index contributed by atoms with van der Waals surface area (Å²) in [6, 6.07) is 20.6. The average Bonchev–Trinajstić information content (AvgIpc) is 3.16. The number of anilines is 2. The number of aliphatic hydroxyl groups excluding tert-OH is 1. The van der Waals surface area contributed by atoms with Crippen molar-refractivity contribution in [3.05, 3.63) is 90.4 Å². The number of fused-ring (bicyclic) bond motifs is 2. The first-order valence-corrected chi connectivity index (χ1v) is 9.15. The number of aliphatic hydroxyl groups is 1. The van der Waals surface area contributed by atoms with Gasteiger partial charge in [0.05, 0.1) is 24.0 Å². The fraction of sp³-hybridized carbons (Fsp3) is 0.0870. The highest BCUT2D eigenvalue weighted by molar-refractivity contribution is 5.89. The van der Waals surface area contributed by atoms with Crippen LogP contribution in [0.5, 0.6) is 0 Å². The largest absolute Gasteiger partial charge is 0.392 e. The molecule has 5 rings (SSSR count). The maximum Gasteiger partial charge on any atom is 0.123 e. The zero-order valence-electron chi connectivity index (χ0n) is 15.1. The minimum atomic E-state index is -0.262. The Labute approximate surface area is 161 Å². The second kappa shape index (κ2) is 6.62. The molecule has 0 amide bonds. The van der Waals surface area contributed by atoms with Gasteiger partial charge in [0.1, 0.15) is 5.82 Å². The summed E-state index contributed by atoms with van der Waals surface area (Å²) in [7, 11) is 0. The van der Waals surface area contributed by atoms with Crippen LogP contribution >= 0.6 is 0 Å². The highest BCUT2D eigenvalue weighted by Crippen LogP contribution is 2.37. The van der Waals surface area contributed by atoms with E-state index >= 15 is 0 Å². The van der Waals surface area contributed by atoms with E-state index in [4.69, 9.17) is 0 Å². The minimum Gasteiger partial charge on any atom is -0.392 e.